The van der Waals surface area contributed by atoms with E-state index < -0.39 is 0 Å². The third-order valence-corrected chi connectivity index (χ3v) is 3.23. The van der Waals surface area contributed by atoms with E-state index in [1.807, 2.05) is 6.92 Å². The van der Waals surface area contributed by atoms with Gasteiger partial charge in [0.05, 0.1) is 6.61 Å². The summed E-state index contributed by atoms with van der Waals surface area (Å²) in [7, 11) is 0. The van der Waals surface area contributed by atoms with Crippen molar-refractivity contribution in [2.24, 2.45) is 0 Å². The van der Waals surface area contributed by atoms with Gasteiger partial charge in [-0.15, -0.1) is 16.7 Å². The standard InChI is InChI=1S/C11H19ClN4O2/c1-9(12)10-13-14-11(18-10)16-4-2-3-15(5-6-16)7-8-17/h9,17H,2-8H2,1H3. The zero-order valence-corrected chi connectivity index (χ0v) is 11.3. The number of aliphatic hydroxyl groups excluding tert-OH is 1. The molecule has 1 N–H and O–H groups in total. The van der Waals surface area contributed by atoms with Crippen LogP contribution in [0, 0.1) is 0 Å². The van der Waals surface area contributed by atoms with Crippen LogP contribution in [-0.4, -0.2) is 59.5 Å². The van der Waals surface area contributed by atoms with E-state index in [9.17, 15) is 0 Å². The molecule has 1 atom stereocenters. The first-order valence-electron chi connectivity index (χ1n) is 6.26. The SMILES string of the molecule is CC(Cl)c1nnc(N2CCCN(CCO)CC2)o1. The van der Waals surface area contributed by atoms with Gasteiger partial charge in [0.25, 0.3) is 0 Å². The van der Waals surface area contributed by atoms with Gasteiger partial charge in [-0.3, -0.25) is 4.90 Å². The average Bonchev–Trinajstić information content (AvgIpc) is 2.72. The first-order chi connectivity index (χ1) is 8.70. The fraction of sp³-hybridized carbons (Fsp3) is 0.818. The first kappa shape index (κ1) is 13.6. The molecule has 2 rings (SSSR count). The van der Waals surface area contributed by atoms with Gasteiger partial charge in [-0.2, -0.15) is 0 Å². The van der Waals surface area contributed by atoms with Crippen LogP contribution < -0.4 is 4.90 Å². The summed E-state index contributed by atoms with van der Waals surface area (Å²) in [5.74, 6) is 0.461. The molecule has 1 saturated heterocycles. The minimum atomic E-state index is -0.260. The van der Waals surface area contributed by atoms with Crippen LogP contribution in [-0.2, 0) is 0 Å². The Labute approximate surface area is 112 Å². The number of hydrogen-bond acceptors (Lipinski definition) is 6. The quantitative estimate of drug-likeness (QED) is 0.822. The van der Waals surface area contributed by atoms with Crippen LogP contribution >= 0.6 is 11.6 Å². The molecule has 1 unspecified atom stereocenters. The summed E-state index contributed by atoms with van der Waals surface area (Å²) in [6.45, 7) is 6.34. The fourth-order valence-corrected chi connectivity index (χ4v) is 2.13. The molecule has 102 valence electrons. The van der Waals surface area contributed by atoms with Crippen LogP contribution in [0.3, 0.4) is 0 Å². The van der Waals surface area contributed by atoms with E-state index in [-0.39, 0.29) is 12.0 Å². The molecule has 0 spiro atoms. The topological polar surface area (TPSA) is 65.6 Å². The van der Waals surface area contributed by atoms with E-state index in [1.54, 1.807) is 0 Å². The van der Waals surface area contributed by atoms with E-state index in [2.05, 4.69) is 20.0 Å². The lowest BCUT2D eigenvalue weighted by molar-refractivity contribution is 0.204. The van der Waals surface area contributed by atoms with Crippen molar-refractivity contribution in [1.82, 2.24) is 15.1 Å². The van der Waals surface area contributed by atoms with Crippen LogP contribution in [0.5, 0.6) is 0 Å². The lowest BCUT2D eigenvalue weighted by Crippen LogP contribution is -2.32. The van der Waals surface area contributed by atoms with Crippen LogP contribution in [0.2, 0.25) is 0 Å². The molecule has 0 saturated carbocycles. The summed E-state index contributed by atoms with van der Waals surface area (Å²) in [6, 6.07) is 0.545. The van der Waals surface area contributed by atoms with Crippen molar-refractivity contribution in [3.8, 4) is 0 Å². The highest BCUT2D eigenvalue weighted by Gasteiger charge is 2.20. The molecule has 0 aromatic carbocycles. The smallest absolute Gasteiger partial charge is 0.318 e. The van der Waals surface area contributed by atoms with Crippen molar-refractivity contribution >= 4 is 17.6 Å². The molecule has 1 aromatic heterocycles. The molecule has 1 aliphatic rings. The number of aliphatic hydroxyl groups is 1. The summed E-state index contributed by atoms with van der Waals surface area (Å²) in [5, 5.41) is 16.7. The zero-order chi connectivity index (χ0) is 13.0. The summed E-state index contributed by atoms with van der Waals surface area (Å²) in [4.78, 5) is 4.31. The maximum Gasteiger partial charge on any atom is 0.318 e. The molecule has 0 radical (unpaired) electrons. The van der Waals surface area contributed by atoms with Gasteiger partial charge in [0, 0.05) is 26.2 Å². The molecule has 18 heavy (non-hydrogen) atoms. The van der Waals surface area contributed by atoms with Crippen molar-refractivity contribution in [2.45, 2.75) is 18.7 Å². The number of nitrogens with zero attached hydrogens (tertiary/aromatic N) is 4. The molecule has 7 heteroatoms. The molecule has 0 bridgehead atoms. The third kappa shape index (κ3) is 3.34. The molecular weight excluding hydrogens is 256 g/mol. The molecule has 1 aromatic rings. The number of anilines is 1. The van der Waals surface area contributed by atoms with Crippen molar-refractivity contribution in [2.75, 3.05) is 44.2 Å². The Morgan fingerprint density at radius 2 is 2.17 bits per heavy atom. The average molecular weight is 275 g/mol. The van der Waals surface area contributed by atoms with Gasteiger partial charge in [-0.05, 0) is 19.9 Å². The molecule has 2 heterocycles. The van der Waals surface area contributed by atoms with Gasteiger partial charge in [0.15, 0.2) is 0 Å². The summed E-state index contributed by atoms with van der Waals surface area (Å²) < 4.78 is 5.54. The largest absolute Gasteiger partial charge is 0.406 e. The predicted octanol–water partition coefficient (Wildman–Crippen LogP) is 0.874. The highest BCUT2D eigenvalue weighted by atomic mass is 35.5. The number of rotatable bonds is 4. The third-order valence-electron chi connectivity index (χ3n) is 3.05. The molecule has 1 fully saturated rings. The minimum Gasteiger partial charge on any atom is -0.406 e. The van der Waals surface area contributed by atoms with E-state index in [1.165, 1.54) is 0 Å². The Hall–Kier alpha value is -0.850. The van der Waals surface area contributed by atoms with Crippen molar-refractivity contribution in [3.05, 3.63) is 5.89 Å². The number of hydrogen-bond donors (Lipinski definition) is 1. The number of β-amino-alcohol motifs (C(OH)–C–C–N with tert-alkyl or cyclic N) is 1. The highest BCUT2D eigenvalue weighted by Crippen LogP contribution is 2.22. The second-order valence-electron chi connectivity index (χ2n) is 4.44. The molecule has 0 aliphatic carbocycles. The van der Waals surface area contributed by atoms with Crippen LogP contribution in [0.4, 0.5) is 6.01 Å². The zero-order valence-electron chi connectivity index (χ0n) is 10.5. The van der Waals surface area contributed by atoms with Gasteiger partial charge >= 0.3 is 6.01 Å². The second kappa shape index (κ2) is 6.36. The summed E-state index contributed by atoms with van der Waals surface area (Å²) in [6.07, 6.45) is 1.02. The van der Waals surface area contributed by atoms with Gasteiger partial charge in [-0.1, -0.05) is 5.10 Å². The lowest BCUT2D eigenvalue weighted by Gasteiger charge is -2.19. The molecule has 0 amide bonds. The minimum absolute atomic E-state index is 0.203. The number of aromatic nitrogens is 2. The van der Waals surface area contributed by atoms with E-state index in [4.69, 9.17) is 21.1 Å². The molecule has 1 aliphatic heterocycles. The van der Waals surface area contributed by atoms with Crippen molar-refractivity contribution < 1.29 is 9.52 Å². The van der Waals surface area contributed by atoms with Crippen molar-refractivity contribution in [1.29, 1.82) is 0 Å². The van der Waals surface area contributed by atoms with Gasteiger partial charge in [0.1, 0.15) is 5.38 Å². The predicted molar refractivity (Wildman–Crippen MR) is 68.9 cm³/mol. The fourth-order valence-electron chi connectivity index (χ4n) is 2.04. The van der Waals surface area contributed by atoms with Crippen molar-refractivity contribution in [3.63, 3.8) is 0 Å². The summed E-state index contributed by atoms with van der Waals surface area (Å²) in [5.41, 5.74) is 0. The Bertz CT molecular complexity index is 372. The van der Waals surface area contributed by atoms with E-state index >= 15 is 0 Å². The van der Waals surface area contributed by atoms with Gasteiger partial charge < -0.3 is 14.4 Å². The van der Waals surface area contributed by atoms with E-state index in [0.717, 1.165) is 39.1 Å². The summed E-state index contributed by atoms with van der Waals surface area (Å²) >= 11 is 5.90. The van der Waals surface area contributed by atoms with Gasteiger partial charge in [0.2, 0.25) is 5.89 Å². The van der Waals surface area contributed by atoms with Crippen LogP contribution in [0.1, 0.15) is 24.6 Å². The lowest BCUT2D eigenvalue weighted by atomic mass is 10.4. The Balaban J connectivity index is 1.96. The number of halogens is 1. The Morgan fingerprint density at radius 3 is 2.83 bits per heavy atom. The Kier molecular flexibility index (Phi) is 4.79. The van der Waals surface area contributed by atoms with Crippen LogP contribution in [0.25, 0.3) is 0 Å². The molecule has 6 nitrogen and oxygen atoms in total. The van der Waals surface area contributed by atoms with Crippen LogP contribution in [0.15, 0.2) is 4.42 Å². The first-order valence-corrected chi connectivity index (χ1v) is 6.70. The van der Waals surface area contributed by atoms with Gasteiger partial charge in [-0.25, -0.2) is 0 Å². The normalized spacial score (nSPS) is 19.8. The van der Waals surface area contributed by atoms with E-state index in [0.29, 0.717) is 11.9 Å². The monoisotopic (exact) mass is 274 g/mol. The maximum absolute atomic E-state index is 8.95. The number of alkyl halides is 1. The molecular formula is C11H19ClN4O2. The second-order valence-corrected chi connectivity index (χ2v) is 5.10. The maximum atomic E-state index is 8.95. The highest BCUT2D eigenvalue weighted by molar-refractivity contribution is 6.20. The Morgan fingerprint density at radius 1 is 1.33 bits per heavy atom.